The summed E-state index contributed by atoms with van der Waals surface area (Å²) in [7, 11) is 0. The third kappa shape index (κ3) is 1.81. The highest BCUT2D eigenvalue weighted by Gasteiger charge is 2.42. The standard InChI is InChI=1S/C7H10O5/c1-3-12-6(11)7(2,4-8)5(9)10/h4H,3H2,1-2H3,(H,9,10). The summed E-state index contributed by atoms with van der Waals surface area (Å²) < 4.78 is 4.41. The lowest BCUT2D eigenvalue weighted by Gasteiger charge is -2.14. The Labute approximate surface area is 69.3 Å². The number of carboxylic acids is 1. The molecule has 0 radical (unpaired) electrons. The zero-order chi connectivity index (χ0) is 9.78. The first-order valence-corrected chi connectivity index (χ1v) is 3.36. The molecule has 12 heavy (non-hydrogen) atoms. The van der Waals surface area contributed by atoms with Gasteiger partial charge in [-0.25, -0.2) is 0 Å². The molecule has 0 aromatic rings. The van der Waals surface area contributed by atoms with Crippen molar-refractivity contribution in [2.45, 2.75) is 13.8 Å². The number of hydrogen-bond donors (Lipinski definition) is 1. The average molecular weight is 174 g/mol. The molecule has 5 heteroatoms. The Bertz CT molecular complexity index is 210. The van der Waals surface area contributed by atoms with Gasteiger partial charge in [-0.05, 0) is 13.8 Å². The van der Waals surface area contributed by atoms with E-state index in [0.717, 1.165) is 6.92 Å². The summed E-state index contributed by atoms with van der Waals surface area (Å²) >= 11 is 0. The van der Waals surface area contributed by atoms with Crippen LogP contribution in [0.25, 0.3) is 0 Å². The summed E-state index contributed by atoms with van der Waals surface area (Å²) in [5.41, 5.74) is -2.07. The minimum atomic E-state index is -2.07. The maximum absolute atomic E-state index is 10.9. The molecular formula is C7H10O5. The van der Waals surface area contributed by atoms with Crippen LogP contribution < -0.4 is 0 Å². The number of aliphatic carboxylic acids is 1. The van der Waals surface area contributed by atoms with E-state index in [1.165, 1.54) is 6.92 Å². The molecule has 0 aliphatic carbocycles. The molecule has 0 heterocycles. The van der Waals surface area contributed by atoms with E-state index < -0.39 is 17.4 Å². The van der Waals surface area contributed by atoms with E-state index in [2.05, 4.69) is 4.74 Å². The van der Waals surface area contributed by atoms with Crippen molar-refractivity contribution in [1.29, 1.82) is 0 Å². The van der Waals surface area contributed by atoms with Crippen LogP contribution in [0.4, 0.5) is 0 Å². The van der Waals surface area contributed by atoms with Crippen molar-refractivity contribution in [1.82, 2.24) is 0 Å². The van der Waals surface area contributed by atoms with E-state index in [1.54, 1.807) is 0 Å². The molecule has 0 saturated carbocycles. The van der Waals surface area contributed by atoms with Crippen molar-refractivity contribution in [3.8, 4) is 0 Å². The SMILES string of the molecule is CCOC(=O)C(C)(C=O)C(=O)O. The number of esters is 1. The Morgan fingerprint density at radius 2 is 2.08 bits per heavy atom. The van der Waals surface area contributed by atoms with Crippen molar-refractivity contribution >= 4 is 18.2 Å². The Morgan fingerprint density at radius 3 is 2.33 bits per heavy atom. The monoisotopic (exact) mass is 174 g/mol. The van der Waals surface area contributed by atoms with Crippen LogP contribution in [-0.4, -0.2) is 29.9 Å². The molecule has 68 valence electrons. The van der Waals surface area contributed by atoms with E-state index in [9.17, 15) is 14.4 Å². The summed E-state index contributed by atoms with van der Waals surface area (Å²) in [4.78, 5) is 31.6. The zero-order valence-electron chi connectivity index (χ0n) is 6.86. The average Bonchev–Trinajstić information content (AvgIpc) is 2.03. The number of carbonyl (C=O) groups excluding carboxylic acids is 2. The fraction of sp³-hybridized carbons (Fsp3) is 0.571. The van der Waals surface area contributed by atoms with Gasteiger partial charge in [-0.2, -0.15) is 0 Å². The van der Waals surface area contributed by atoms with E-state index in [1.807, 2.05) is 0 Å². The van der Waals surface area contributed by atoms with Gasteiger partial charge in [0.2, 0.25) is 5.41 Å². The van der Waals surface area contributed by atoms with Gasteiger partial charge in [0, 0.05) is 0 Å². The molecule has 1 atom stereocenters. The number of hydrogen-bond acceptors (Lipinski definition) is 4. The highest BCUT2D eigenvalue weighted by molar-refractivity contribution is 6.12. The minimum Gasteiger partial charge on any atom is -0.480 e. The molecule has 0 aromatic carbocycles. The van der Waals surface area contributed by atoms with Crippen LogP contribution in [0.1, 0.15) is 13.8 Å². The van der Waals surface area contributed by atoms with Gasteiger partial charge in [-0.1, -0.05) is 0 Å². The molecule has 5 nitrogen and oxygen atoms in total. The minimum absolute atomic E-state index is 0.0511. The van der Waals surface area contributed by atoms with Crippen molar-refractivity contribution in [3.63, 3.8) is 0 Å². The lowest BCUT2D eigenvalue weighted by atomic mass is 9.93. The molecule has 0 amide bonds. The summed E-state index contributed by atoms with van der Waals surface area (Å²) in [6.45, 7) is 2.58. The smallest absolute Gasteiger partial charge is 0.330 e. The Kier molecular flexibility index (Phi) is 3.40. The van der Waals surface area contributed by atoms with E-state index in [4.69, 9.17) is 5.11 Å². The lowest BCUT2D eigenvalue weighted by Crippen LogP contribution is -2.39. The van der Waals surface area contributed by atoms with Gasteiger partial charge in [-0.15, -0.1) is 0 Å². The molecule has 0 spiro atoms. The normalized spacial score (nSPS) is 14.5. The molecular weight excluding hydrogens is 164 g/mol. The third-order valence-corrected chi connectivity index (χ3v) is 1.38. The fourth-order valence-corrected chi connectivity index (χ4v) is 0.467. The van der Waals surface area contributed by atoms with Gasteiger partial charge in [0.05, 0.1) is 6.61 Å². The second-order valence-electron chi connectivity index (χ2n) is 2.35. The summed E-state index contributed by atoms with van der Waals surface area (Å²) in [5, 5.41) is 8.50. The van der Waals surface area contributed by atoms with Gasteiger partial charge in [0.25, 0.3) is 0 Å². The molecule has 0 fully saturated rings. The molecule has 0 aliphatic heterocycles. The predicted molar refractivity (Wildman–Crippen MR) is 38.4 cm³/mol. The second kappa shape index (κ2) is 3.85. The number of carbonyl (C=O) groups is 3. The highest BCUT2D eigenvalue weighted by Crippen LogP contribution is 2.14. The first-order valence-electron chi connectivity index (χ1n) is 3.36. The largest absolute Gasteiger partial charge is 0.480 e. The van der Waals surface area contributed by atoms with Gasteiger partial charge in [-0.3, -0.25) is 9.59 Å². The summed E-state index contributed by atoms with van der Waals surface area (Å²) in [5.74, 6) is -2.54. The third-order valence-electron chi connectivity index (χ3n) is 1.38. The van der Waals surface area contributed by atoms with Crippen LogP contribution in [0.5, 0.6) is 0 Å². The quantitative estimate of drug-likeness (QED) is 0.364. The van der Waals surface area contributed by atoms with Gasteiger partial charge in [0.1, 0.15) is 6.29 Å². The number of carboxylic acid groups (broad SMARTS) is 1. The van der Waals surface area contributed by atoms with E-state index >= 15 is 0 Å². The van der Waals surface area contributed by atoms with Crippen LogP contribution in [-0.2, 0) is 19.1 Å². The van der Waals surface area contributed by atoms with Gasteiger partial charge in [0.15, 0.2) is 0 Å². The van der Waals surface area contributed by atoms with E-state index in [-0.39, 0.29) is 12.9 Å². The van der Waals surface area contributed by atoms with Crippen LogP contribution in [0, 0.1) is 5.41 Å². The van der Waals surface area contributed by atoms with Crippen LogP contribution in [0.2, 0.25) is 0 Å². The molecule has 1 unspecified atom stereocenters. The topological polar surface area (TPSA) is 80.7 Å². The van der Waals surface area contributed by atoms with Crippen LogP contribution >= 0.6 is 0 Å². The van der Waals surface area contributed by atoms with Crippen LogP contribution in [0.3, 0.4) is 0 Å². The molecule has 0 saturated heterocycles. The summed E-state index contributed by atoms with van der Waals surface area (Å²) in [6, 6.07) is 0. The zero-order valence-corrected chi connectivity index (χ0v) is 6.86. The van der Waals surface area contributed by atoms with Crippen LogP contribution in [0.15, 0.2) is 0 Å². The first-order chi connectivity index (χ1) is 5.49. The second-order valence-corrected chi connectivity index (χ2v) is 2.35. The van der Waals surface area contributed by atoms with Crippen molar-refractivity contribution < 1.29 is 24.2 Å². The molecule has 0 aliphatic rings. The maximum atomic E-state index is 10.9. The molecule has 0 rings (SSSR count). The Morgan fingerprint density at radius 1 is 1.58 bits per heavy atom. The maximum Gasteiger partial charge on any atom is 0.330 e. The van der Waals surface area contributed by atoms with Gasteiger partial charge >= 0.3 is 11.9 Å². The highest BCUT2D eigenvalue weighted by atomic mass is 16.5. The van der Waals surface area contributed by atoms with Crippen molar-refractivity contribution in [3.05, 3.63) is 0 Å². The molecule has 1 N–H and O–H groups in total. The van der Waals surface area contributed by atoms with Gasteiger partial charge < -0.3 is 14.6 Å². The Balaban J connectivity index is 4.63. The number of rotatable bonds is 4. The fourth-order valence-electron chi connectivity index (χ4n) is 0.467. The van der Waals surface area contributed by atoms with Crippen molar-refractivity contribution in [2.24, 2.45) is 5.41 Å². The predicted octanol–water partition coefficient (Wildman–Crippen LogP) is -0.161. The summed E-state index contributed by atoms with van der Waals surface area (Å²) in [6.07, 6.45) is 0.0628. The number of ether oxygens (including phenoxy) is 1. The van der Waals surface area contributed by atoms with Crippen molar-refractivity contribution in [2.75, 3.05) is 6.61 Å². The number of aldehydes is 1. The molecule has 0 bridgehead atoms. The van der Waals surface area contributed by atoms with E-state index in [0.29, 0.717) is 0 Å². The molecule has 0 aromatic heterocycles. The Hall–Kier alpha value is -1.39. The first kappa shape index (κ1) is 10.6. The lowest BCUT2D eigenvalue weighted by molar-refractivity contribution is -0.167.